The second-order valence-electron chi connectivity index (χ2n) is 30.7. The van der Waals surface area contributed by atoms with Crippen LogP contribution in [0, 0.1) is 0 Å². The van der Waals surface area contributed by atoms with Gasteiger partial charge in [0.15, 0.2) is 0 Å². The van der Waals surface area contributed by atoms with Gasteiger partial charge in [0.1, 0.15) is 0 Å². The van der Waals surface area contributed by atoms with Gasteiger partial charge in [-0.05, 0) is 226 Å². The van der Waals surface area contributed by atoms with Crippen LogP contribution in [-0.4, -0.2) is 11.3 Å². The topological polar surface area (TPSA) is 14.7 Å². The Labute approximate surface area is 599 Å². The third-order valence-electron chi connectivity index (χ3n) is 23.0. The minimum Gasteiger partial charge on any atom is -0.311 e. The highest BCUT2D eigenvalue weighted by atomic mass is 15.2. The maximum Gasteiger partial charge on any atom is 0.252 e. The number of anilines is 9. The molecule has 2 aliphatic rings. The van der Waals surface area contributed by atoms with Crippen LogP contribution in [0.3, 0.4) is 0 Å². The minimum absolute atomic E-state index is 0.0562. The molecule has 0 unspecified atom stereocenters. The molecule has 0 amide bonds. The third kappa shape index (κ3) is 8.85. The first-order chi connectivity index (χ1) is 50.4. The molecule has 0 N–H and O–H groups in total. The number of benzene rings is 18. The van der Waals surface area contributed by atoms with Crippen molar-refractivity contribution in [3.8, 4) is 5.69 Å². The average Bonchev–Trinajstić information content (AvgIpc) is 1.02. The Balaban J connectivity index is 0.940. The second kappa shape index (κ2) is 22.0. The molecule has 19 aromatic rings. The zero-order chi connectivity index (χ0) is 68.7. The van der Waals surface area contributed by atoms with Gasteiger partial charge >= 0.3 is 0 Å². The van der Waals surface area contributed by atoms with Crippen LogP contribution in [0.1, 0.15) is 52.7 Å². The quantitative estimate of drug-likeness (QED) is 0.122. The molecule has 4 nitrogen and oxygen atoms in total. The molecule has 0 atom stereocenters. The monoisotopic (exact) mass is 1310 g/mol. The van der Waals surface area contributed by atoms with Crippen molar-refractivity contribution in [1.29, 1.82) is 0 Å². The van der Waals surface area contributed by atoms with Crippen molar-refractivity contribution in [3.63, 3.8) is 0 Å². The zero-order valence-corrected chi connectivity index (χ0v) is 58.5. The lowest BCUT2D eigenvalue weighted by molar-refractivity contribution is 0.590. The van der Waals surface area contributed by atoms with Crippen molar-refractivity contribution in [2.45, 2.75) is 52.4 Å². The van der Waals surface area contributed by atoms with Crippen molar-refractivity contribution < 1.29 is 0 Å². The predicted octanol–water partition coefficient (Wildman–Crippen LogP) is 25.3. The largest absolute Gasteiger partial charge is 0.311 e. The molecule has 0 aliphatic carbocycles. The van der Waals surface area contributed by atoms with E-state index in [-0.39, 0.29) is 17.5 Å². The Kier molecular flexibility index (Phi) is 12.7. The standard InChI is InChI=1S/C98H71BN4/c1-97(2,3)60-39-43-62(44-40-60)100(63-45-41-61(42-46-63)98(4,5)6)67-56-94-96-95(57-67)103(65-48-51-81-75-30-10-8-24-69(75)71-26-12-16-32-77(71)85(81)54-65)93-59-87-79-34-18-14-28-73(79)72-27-13-17-33-78(72)86(87)58-89(93)99(96)88-52-49-66(101-90-37-21-19-35-82(90)83-36-20-22-38-91(83)101)55-92(88)102(94)64-47-50-80-74-29-9-7-23-68(74)70-25-11-15-31-76(70)84(80)53-64/h7-59H,1-6H3. The van der Waals surface area contributed by atoms with Gasteiger partial charge in [0.2, 0.25) is 0 Å². The van der Waals surface area contributed by atoms with E-state index in [0.29, 0.717) is 0 Å². The fraction of sp³-hybridized carbons (Fsp3) is 0.0816. The van der Waals surface area contributed by atoms with E-state index >= 15 is 0 Å². The molecule has 0 saturated carbocycles. The summed E-state index contributed by atoms with van der Waals surface area (Å²) < 4.78 is 2.50. The van der Waals surface area contributed by atoms with E-state index in [1.165, 1.54) is 146 Å². The van der Waals surface area contributed by atoms with Crippen LogP contribution in [0.5, 0.6) is 0 Å². The van der Waals surface area contributed by atoms with E-state index < -0.39 is 0 Å². The summed E-state index contributed by atoms with van der Waals surface area (Å²) in [5.74, 6) is 0. The molecule has 0 radical (unpaired) electrons. The average molecular weight is 1320 g/mol. The van der Waals surface area contributed by atoms with Gasteiger partial charge in [-0.25, -0.2) is 0 Å². The number of nitrogens with zero attached hydrogens (tertiary/aromatic N) is 4. The normalized spacial score (nSPS) is 13.1. The van der Waals surface area contributed by atoms with Gasteiger partial charge in [-0.1, -0.05) is 272 Å². The van der Waals surface area contributed by atoms with Gasteiger partial charge in [0, 0.05) is 62.0 Å². The highest BCUT2D eigenvalue weighted by molar-refractivity contribution is 7.00. The third-order valence-corrected chi connectivity index (χ3v) is 23.0. The molecular formula is C98H71BN4. The van der Waals surface area contributed by atoms with E-state index in [4.69, 9.17) is 0 Å². The lowest BCUT2D eigenvalue weighted by Crippen LogP contribution is -2.61. The molecule has 3 heterocycles. The summed E-state index contributed by atoms with van der Waals surface area (Å²) in [6, 6.07) is 123. The SMILES string of the molecule is CC(C)(C)c1ccc(N(c2ccc(C(C)(C)C)cc2)c2cc3c4c(c2)N(c2ccc5c6ccccc6c6ccccc6c5c2)c2cc5c6ccccc6c6ccccc6c5cc2B4c2ccc(-n4c5ccccc5c5ccccc54)cc2N3c2ccc3c4ccccc4c4ccccc4c3c2)cc1. The van der Waals surface area contributed by atoms with Crippen molar-refractivity contribution >= 4 is 193 Å². The van der Waals surface area contributed by atoms with Crippen LogP contribution in [0.25, 0.3) is 124 Å². The van der Waals surface area contributed by atoms with E-state index in [1.807, 2.05) is 0 Å². The second-order valence-corrected chi connectivity index (χ2v) is 30.7. The van der Waals surface area contributed by atoms with E-state index in [9.17, 15) is 0 Å². The maximum atomic E-state index is 2.67. The molecule has 18 aromatic carbocycles. The Hall–Kier alpha value is -12.4. The van der Waals surface area contributed by atoms with Crippen LogP contribution >= 0.6 is 0 Å². The van der Waals surface area contributed by atoms with Crippen LogP contribution < -0.4 is 31.1 Å². The summed E-state index contributed by atoms with van der Waals surface area (Å²) in [6.45, 7) is 13.6. The number of hydrogen-bond donors (Lipinski definition) is 0. The predicted molar refractivity (Wildman–Crippen MR) is 444 cm³/mol. The highest BCUT2D eigenvalue weighted by Crippen LogP contribution is 2.53. The lowest BCUT2D eigenvalue weighted by atomic mass is 9.33. The first-order valence-electron chi connectivity index (χ1n) is 36.3. The molecule has 103 heavy (non-hydrogen) atoms. The number of aromatic nitrogens is 1. The van der Waals surface area contributed by atoms with Crippen molar-refractivity contribution in [1.82, 2.24) is 4.57 Å². The molecular weight excluding hydrogens is 1240 g/mol. The van der Waals surface area contributed by atoms with Gasteiger partial charge < -0.3 is 19.3 Å². The number of rotatable bonds is 6. The summed E-state index contributed by atoms with van der Waals surface area (Å²) in [5.41, 5.74) is 19.6. The first-order valence-corrected chi connectivity index (χ1v) is 36.3. The molecule has 5 heteroatoms. The fourth-order valence-corrected chi connectivity index (χ4v) is 18.1. The summed E-state index contributed by atoms with van der Waals surface area (Å²) in [4.78, 5) is 7.85. The van der Waals surface area contributed by atoms with Gasteiger partial charge in [-0.15, -0.1) is 0 Å². The van der Waals surface area contributed by atoms with Crippen LogP contribution in [0.15, 0.2) is 322 Å². The van der Waals surface area contributed by atoms with Gasteiger partial charge in [-0.2, -0.15) is 0 Å². The Morgan fingerprint density at radius 1 is 0.233 bits per heavy atom. The molecule has 0 spiro atoms. The number of fused-ring (bicyclic) bond motifs is 25. The van der Waals surface area contributed by atoms with Gasteiger partial charge in [0.05, 0.1) is 16.7 Å². The van der Waals surface area contributed by atoms with Crippen molar-refractivity contribution in [2.75, 3.05) is 14.7 Å². The van der Waals surface area contributed by atoms with Crippen LogP contribution in [0.4, 0.5) is 51.2 Å². The number of para-hydroxylation sites is 2. The Morgan fingerprint density at radius 2 is 0.544 bits per heavy atom. The molecule has 0 bridgehead atoms. The molecule has 0 saturated heterocycles. The highest BCUT2D eigenvalue weighted by Gasteiger charge is 2.45. The van der Waals surface area contributed by atoms with E-state index in [2.05, 4.69) is 382 Å². The van der Waals surface area contributed by atoms with Crippen molar-refractivity contribution in [2.24, 2.45) is 0 Å². The zero-order valence-electron chi connectivity index (χ0n) is 58.5. The van der Waals surface area contributed by atoms with Crippen LogP contribution in [0.2, 0.25) is 0 Å². The minimum atomic E-state index is -0.237. The van der Waals surface area contributed by atoms with Gasteiger partial charge in [0.25, 0.3) is 6.71 Å². The summed E-state index contributed by atoms with van der Waals surface area (Å²) >= 11 is 0. The van der Waals surface area contributed by atoms with E-state index in [1.54, 1.807) is 0 Å². The summed E-state index contributed by atoms with van der Waals surface area (Å²) in [7, 11) is 0. The first kappa shape index (κ1) is 59.4. The van der Waals surface area contributed by atoms with Crippen LogP contribution in [-0.2, 0) is 10.8 Å². The molecule has 21 rings (SSSR count). The summed E-state index contributed by atoms with van der Waals surface area (Å²) in [5, 5.41) is 24.8. The molecule has 2 aliphatic heterocycles. The number of hydrogen-bond acceptors (Lipinski definition) is 3. The molecule has 0 fully saturated rings. The summed E-state index contributed by atoms with van der Waals surface area (Å²) in [6.07, 6.45) is 0. The molecule has 486 valence electrons. The maximum absolute atomic E-state index is 2.67. The molecule has 1 aromatic heterocycles. The lowest BCUT2D eigenvalue weighted by Gasteiger charge is -2.45. The Morgan fingerprint density at radius 3 is 0.922 bits per heavy atom. The van der Waals surface area contributed by atoms with Gasteiger partial charge in [-0.3, -0.25) is 0 Å². The smallest absolute Gasteiger partial charge is 0.252 e. The van der Waals surface area contributed by atoms with E-state index in [0.717, 1.165) is 56.9 Å². The van der Waals surface area contributed by atoms with Crippen molar-refractivity contribution in [3.05, 3.63) is 333 Å². The Bertz CT molecular complexity index is 6670. The fourth-order valence-electron chi connectivity index (χ4n) is 18.1.